The Hall–Kier alpha value is -1.84. The number of halogens is 1. The number of nitrogens with zero attached hydrogens (tertiary/aromatic N) is 1. The van der Waals surface area contributed by atoms with Gasteiger partial charge < -0.3 is 10.2 Å². The first-order chi connectivity index (χ1) is 11.2. The van der Waals surface area contributed by atoms with Crippen LogP contribution in [0.5, 0.6) is 0 Å². The lowest BCUT2D eigenvalue weighted by Crippen LogP contribution is -2.37. The molecule has 0 saturated heterocycles. The summed E-state index contributed by atoms with van der Waals surface area (Å²) in [5.74, 6) is 0.123. The smallest absolute Gasteiger partial charge is 0.254 e. The Labute approximate surface area is 150 Å². The zero-order valence-corrected chi connectivity index (χ0v) is 15.1. The largest absolute Gasteiger partial charge is 0.332 e. The highest BCUT2D eigenvalue weighted by Crippen LogP contribution is 2.20. The van der Waals surface area contributed by atoms with Crippen LogP contribution in [0.2, 0.25) is 0 Å². The van der Waals surface area contributed by atoms with E-state index in [-0.39, 0.29) is 24.4 Å². The Balaban J connectivity index is 0.00000208. The number of hydrogen-bond donors (Lipinski definition) is 1. The van der Waals surface area contributed by atoms with Crippen LogP contribution in [0.1, 0.15) is 47.3 Å². The highest BCUT2D eigenvalue weighted by atomic mass is 35.5. The van der Waals surface area contributed by atoms with E-state index >= 15 is 0 Å². The van der Waals surface area contributed by atoms with Crippen molar-refractivity contribution in [2.45, 2.75) is 45.9 Å². The summed E-state index contributed by atoms with van der Waals surface area (Å²) >= 11 is 0. The van der Waals surface area contributed by atoms with Gasteiger partial charge in [-0.25, -0.2) is 0 Å². The van der Waals surface area contributed by atoms with Crippen molar-refractivity contribution in [3.8, 4) is 0 Å². The van der Waals surface area contributed by atoms with Crippen LogP contribution in [-0.2, 0) is 19.6 Å². The van der Waals surface area contributed by atoms with Crippen molar-refractivity contribution in [1.29, 1.82) is 0 Å². The van der Waals surface area contributed by atoms with Gasteiger partial charge >= 0.3 is 0 Å². The first-order valence-electron chi connectivity index (χ1n) is 8.36. The SMILES string of the molecule is CCC(C)N(Cc1ccccc1)C(=O)c1ccc2c(c1)CNC2.Cl. The van der Waals surface area contributed by atoms with E-state index in [1.165, 1.54) is 16.7 Å². The molecule has 1 atom stereocenters. The van der Waals surface area contributed by atoms with Crippen molar-refractivity contribution < 1.29 is 4.79 Å². The van der Waals surface area contributed by atoms with Gasteiger partial charge in [0.1, 0.15) is 0 Å². The van der Waals surface area contributed by atoms with Gasteiger partial charge in [0.25, 0.3) is 5.91 Å². The second-order valence-electron chi connectivity index (χ2n) is 6.26. The minimum atomic E-state index is 0. The minimum Gasteiger partial charge on any atom is -0.332 e. The van der Waals surface area contributed by atoms with Crippen LogP contribution in [0, 0.1) is 0 Å². The third kappa shape index (κ3) is 3.97. The van der Waals surface area contributed by atoms with Crippen LogP contribution in [0.15, 0.2) is 48.5 Å². The molecule has 1 aliphatic heterocycles. The fraction of sp³-hybridized carbons (Fsp3) is 0.350. The summed E-state index contributed by atoms with van der Waals surface area (Å²) in [4.78, 5) is 15.0. The molecule has 0 bridgehead atoms. The molecule has 0 fully saturated rings. The van der Waals surface area contributed by atoms with E-state index in [4.69, 9.17) is 0 Å². The quantitative estimate of drug-likeness (QED) is 0.883. The highest BCUT2D eigenvalue weighted by Gasteiger charge is 2.22. The van der Waals surface area contributed by atoms with Crippen molar-refractivity contribution in [2.75, 3.05) is 0 Å². The molecule has 1 aliphatic rings. The Morgan fingerprint density at radius 3 is 2.54 bits per heavy atom. The average molecular weight is 345 g/mol. The van der Waals surface area contributed by atoms with E-state index in [9.17, 15) is 4.79 Å². The molecule has 4 heteroatoms. The molecule has 2 aromatic rings. The third-order valence-corrected chi connectivity index (χ3v) is 4.66. The Bertz CT molecular complexity index is 687. The van der Waals surface area contributed by atoms with Gasteiger partial charge in [-0.05, 0) is 42.2 Å². The number of nitrogens with one attached hydrogen (secondary N) is 1. The summed E-state index contributed by atoms with van der Waals surface area (Å²) < 4.78 is 0. The van der Waals surface area contributed by atoms with Gasteiger partial charge in [-0.15, -0.1) is 12.4 Å². The van der Waals surface area contributed by atoms with Crippen LogP contribution in [-0.4, -0.2) is 16.8 Å². The van der Waals surface area contributed by atoms with Crippen LogP contribution in [0.3, 0.4) is 0 Å². The topological polar surface area (TPSA) is 32.3 Å². The summed E-state index contributed by atoms with van der Waals surface area (Å²) in [5.41, 5.74) is 4.52. The maximum Gasteiger partial charge on any atom is 0.254 e. The standard InChI is InChI=1S/C20H24N2O.ClH/c1-3-15(2)22(14-16-7-5-4-6-8-16)20(23)17-9-10-18-12-21-13-19(18)11-17;/h4-11,15,21H,3,12-14H2,1-2H3;1H. The predicted octanol–water partition coefficient (Wildman–Crippen LogP) is 4.15. The second kappa shape index (κ2) is 8.32. The molecule has 128 valence electrons. The first kappa shape index (κ1) is 18.5. The van der Waals surface area contributed by atoms with E-state index in [0.717, 1.165) is 25.1 Å². The van der Waals surface area contributed by atoms with Gasteiger partial charge in [0, 0.05) is 31.2 Å². The Morgan fingerprint density at radius 1 is 1.12 bits per heavy atom. The molecule has 24 heavy (non-hydrogen) atoms. The maximum atomic E-state index is 13.1. The molecule has 0 saturated carbocycles. The van der Waals surface area contributed by atoms with E-state index < -0.39 is 0 Å². The second-order valence-corrected chi connectivity index (χ2v) is 6.26. The van der Waals surface area contributed by atoms with Crippen molar-refractivity contribution >= 4 is 18.3 Å². The summed E-state index contributed by atoms with van der Waals surface area (Å²) in [7, 11) is 0. The van der Waals surface area contributed by atoms with E-state index in [2.05, 4.69) is 43.4 Å². The number of fused-ring (bicyclic) bond motifs is 1. The van der Waals surface area contributed by atoms with Crippen molar-refractivity contribution in [2.24, 2.45) is 0 Å². The summed E-state index contributed by atoms with van der Waals surface area (Å²) in [6.45, 7) is 6.67. The number of carbonyl (C=O) groups excluding carboxylic acids is 1. The molecule has 1 heterocycles. The lowest BCUT2D eigenvalue weighted by Gasteiger charge is -2.29. The van der Waals surface area contributed by atoms with Crippen LogP contribution in [0.4, 0.5) is 0 Å². The number of hydrogen-bond acceptors (Lipinski definition) is 2. The van der Waals surface area contributed by atoms with Crippen LogP contribution in [0.25, 0.3) is 0 Å². The van der Waals surface area contributed by atoms with Gasteiger partial charge in [0.15, 0.2) is 0 Å². The summed E-state index contributed by atoms with van der Waals surface area (Å²) in [6.07, 6.45) is 0.949. The van der Waals surface area contributed by atoms with Crippen molar-refractivity contribution in [1.82, 2.24) is 10.2 Å². The lowest BCUT2D eigenvalue weighted by atomic mass is 10.0. The predicted molar refractivity (Wildman–Crippen MR) is 100 cm³/mol. The summed E-state index contributed by atoms with van der Waals surface area (Å²) in [6, 6.07) is 16.5. The molecule has 3 nitrogen and oxygen atoms in total. The molecule has 0 aromatic heterocycles. The molecule has 0 radical (unpaired) electrons. The van der Waals surface area contributed by atoms with Gasteiger partial charge in [-0.2, -0.15) is 0 Å². The Morgan fingerprint density at radius 2 is 1.83 bits per heavy atom. The molecule has 1 amide bonds. The molecular formula is C20H25ClN2O. The van der Waals surface area contributed by atoms with E-state index in [1.807, 2.05) is 29.2 Å². The molecule has 2 aromatic carbocycles. The fourth-order valence-electron chi connectivity index (χ4n) is 3.02. The van der Waals surface area contributed by atoms with E-state index in [0.29, 0.717) is 6.54 Å². The molecular weight excluding hydrogens is 320 g/mol. The minimum absolute atomic E-state index is 0. The lowest BCUT2D eigenvalue weighted by molar-refractivity contribution is 0.0671. The van der Waals surface area contributed by atoms with Crippen LogP contribution < -0.4 is 5.32 Å². The van der Waals surface area contributed by atoms with Crippen molar-refractivity contribution in [3.05, 3.63) is 70.8 Å². The first-order valence-corrected chi connectivity index (χ1v) is 8.36. The monoisotopic (exact) mass is 344 g/mol. The number of rotatable bonds is 5. The van der Waals surface area contributed by atoms with Gasteiger partial charge in [-0.1, -0.05) is 43.3 Å². The molecule has 0 aliphatic carbocycles. The normalized spacial score (nSPS) is 13.8. The van der Waals surface area contributed by atoms with Gasteiger partial charge in [0.2, 0.25) is 0 Å². The molecule has 3 rings (SSSR count). The number of amides is 1. The van der Waals surface area contributed by atoms with Crippen LogP contribution >= 0.6 is 12.4 Å². The fourth-order valence-corrected chi connectivity index (χ4v) is 3.02. The highest BCUT2D eigenvalue weighted by molar-refractivity contribution is 5.94. The maximum absolute atomic E-state index is 13.1. The molecule has 0 spiro atoms. The van der Waals surface area contributed by atoms with Crippen molar-refractivity contribution in [3.63, 3.8) is 0 Å². The Kier molecular flexibility index (Phi) is 6.41. The van der Waals surface area contributed by atoms with E-state index in [1.54, 1.807) is 0 Å². The summed E-state index contributed by atoms with van der Waals surface area (Å²) in [5, 5.41) is 3.33. The molecule has 1 unspecified atom stereocenters. The van der Waals surface area contributed by atoms with Gasteiger partial charge in [0.05, 0.1) is 0 Å². The zero-order chi connectivity index (χ0) is 16.2. The number of carbonyl (C=O) groups is 1. The number of benzene rings is 2. The third-order valence-electron chi connectivity index (χ3n) is 4.66. The molecule has 1 N–H and O–H groups in total. The average Bonchev–Trinajstić information content (AvgIpc) is 3.07. The zero-order valence-electron chi connectivity index (χ0n) is 14.3. The van der Waals surface area contributed by atoms with Gasteiger partial charge in [-0.3, -0.25) is 4.79 Å².